The molecule has 7 nitrogen and oxygen atoms in total. The van der Waals surface area contributed by atoms with Gasteiger partial charge in [-0.3, -0.25) is 9.80 Å². The highest BCUT2D eigenvalue weighted by Crippen LogP contribution is 2.50. The zero-order valence-corrected chi connectivity index (χ0v) is 39.9. The Bertz CT molecular complexity index is 1930. The molecule has 0 saturated carbocycles. The van der Waals surface area contributed by atoms with Crippen molar-refractivity contribution in [2.24, 2.45) is 0 Å². The fourth-order valence-corrected chi connectivity index (χ4v) is 14.3. The lowest BCUT2D eigenvalue weighted by Gasteiger charge is -2.42. The number of rotatable bonds is 18. The predicted octanol–water partition coefficient (Wildman–Crippen LogP) is 9.35. The second-order valence-electron chi connectivity index (χ2n) is 15.8. The number of hydrogen-bond acceptors (Lipinski definition) is 10. The summed E-state index contributed by atoms with van der Waals surface area (Å²) in [6.07, 6.45) is 5.99. The summed E-state index contributed by atoms with van der Waals surface area (Å²) in [5, 5.41) is 0. The van der Waals surface area contributed by atoms with Crippen molar-refractivity contribution >= 4 is 59.0 Å². The average Bonchev–Trinajstić information content (AvgIpc) is 3.33. The molecule has 2 fully saturated rings. The smallest absolute Gasteiger partial charge is 0.418 e. The van der Waals surface area contributed by atoms with E-state index in [2.05, 4.69) is 96.1 Å². The highest BCUT2D eigenvalue weighted by Gasteiger charge is 2.50. The third-order valence-corrected chi connectivity index (χ3v) is 17.6. The van der Waals surface area contributed by atoms with Gasteiger partial charge in [0.25, 0.3) is 0 Å². The molecule has 2 aliphatic heterocycles. The summed E-state index contributed by atoms with van der Waals surface area (Å²) >= 11 is 7.18. The Labute approximate surface area is 393 Å². The molecule has 0 radical (unpaired) electrons. The summed E-state index contributed by atoms with van der Waals surface area (Å²) < 4.78 is 13.1. The number of hydrogen-bond donors (Lipinski definition) is 0. The van der Waals surface area contributed by atoms with Crippen LogP contribution >= 0.6 is 47.0 Å². The van der Waals surface area contributed by atoms with Crippen LogP contribution < -0.4 is 0 Å². The van der Waals surface area contributed by atoms with E-state index in [4.69, 9.17) is 9.47 Å². The maximum atomic E-state index is 14.5. The summed E-state index contributed by atoms with van der Waals surface area (Å²) in [6.45, 7) is 3.09. The quantitative estimate of drug-likeness (QED) is 0.0547. The van der Waals surface area contributed by atoms with Gasteiger partial charge in [-0.15, -0.1) is 58.9 Å². The second kappa shape index (κ2) is 26.9. The first kappa shape index (κ1) is 50.2. The number of carbonyl (C=O) groups is 2. The molecule has 2 aliphatic rings. The zero-order chi connectivity index (χ0) is 43.3. The van der Waals surface area contributed by atoms with Crippen molar-refractivity contribution in [1.82, 2.24) is 9.80 Å². The van der Waals surface area contributed by atoms with E-state index in [0.29, 0.717) is 38.8 Å². The largest absolute Gasteiger partial charge is 0.444 e. The maximum absolute atomic E-state index is 14.5. The summed E-state index contributed by atoms with van der Waals surface area (Å²) in [5.74, 6) is 15.4. The number of likely N-dealkylation sites (N-methyl/N-ethyl adjacent to an activating group) is 2. The van der Waals surface area contributed by atoms with Crippen LogP contribution in [-0.4, -0.2) is 99.7 Å². The van der Waals surface area contributed by atoms with Crippen LogP contribution in [0, 0.1) is 23.7 Å². The van der Waals surface area contributed by atoms with Crippen LogP contribution in [0.15, 0.2) is 121 Å². The molecule has 2 atom stereocenters. The first-order valence-corrected chi connectivity index (χ1v) is 26.0. The molecule has 63 heavy (non-hydrogen) atoms. The standard InChI is InChI=1S/C52H60N2O4S4.H2O/c1-53(37-31-43-23-9-3-10-24-43)35-19-7-17-33-51(45-27-13-5-14-28-45,49-59-39-21-40-60-49)57-47(55)48(56)58-52(46-29-15-6-16-30-46,50-61-41-22-42-62-50)34-18-8-20-36-54(2)38-32-44-25-11-4-12-26-44;/h3-6,9-16,23-30,49-50H,17-18,21-22,31-42H2,1-2H3;1H2. The Morgan fingerprint density at radius 2 is 0.873 bits per heavy atom. The molecule has 2 N–H and O–H groups in total. The molecule has 2 unspecified atom stereocenters. The topological polar surface area (TPSA) is 90.6 Å². The minimum atomic E-state index is -1.09. The number of carbonyl (C=O) groups excluding carboxylic acids is 2. The maximum Gasteiger partial charge on any atom is 0.418 e. The lowest BCUT2D eigenvalue weighted by Crippen LogP contribution is -2.47. The van der Waals surface area contributed by atoms with Crippen LogP contribution in [0.1, 0.15) is 60.8 Å². The van der Waals surface area contributed by atoms with Crippen molar-refractivity contribution in [3.8, 4) is 23.7 Å². The van der Waals surface area contributed by atoms with Crippen LogP contribution in [0.3, 0.4) is 0 Å². The van der Waals surface area contributed by atoms with E-state index in [1.165, 1.54) is 11.1 Å². The van der Waals surface area contributed by atoms with Gasteiger partial charge in [-0.1, -0.05) is 133 Å². The van der Waals surface area contributed by atoms with Gasteiger partial charge in [0.15, 0.2) is 11.2 Å². The molecule has 0 aromatic heterocycles. The fraction of sp³-hybridized carbons (Fsp3) is 0.423. The van der Waals surface area contributed by atoms with Crippen LogP contribution in [0.2, 0.25) is 0 Å². The van der Waals surface area contributed by atoms with Crippen LogP contribution in [0.5, 0.6) is 0 Å². The number of ether oxygens (including phenoxy) is 2. The predicted molar refractivity (Wildman–Crippen MR) is 268 cm³/mol. The van der Waals surface area contributed by atoms with Gasteiger partial charge in [-0.25, -0.2) is 9.59 Å². The molecule has 0 bridgehead atoms. The normalized spacial score (nSPS) is 16.3. The van der Waals surface area contributed by atoms with E-state index < -0.39 is 23.1 Å². The molecule has 2 saturated heterocycles. The van der Waals surface area contributed by atoms with Crippen molar-refractivity contribution < 1.29 is 24.5 Å². The molecule has 0 spiro atoms. The number of thioether (sulfide) groups is 4. The van der Waals surface area contributed by atoms with E-state index in [9.17, 15) is 9.59 Å². The summed E-state index contributed by atoms with van der Waals surface area (Å²) in [7, 11) is 4.18. The minimum absolute atomic E-state index is 0. The van der Waals surface area contributed by atoms with E-state index in [-0.39, 0.29) is 14.6 Å². The van der Waals surface area contributed by atoms with Gasteiger partial charge in [0.2, 0.25) is 0 Å². The Morgan fingerprint density at radius 3 is 1.22 bits per heavy atom. The Kier molecular flexibility index (Phi) is 21.4. The first-order chi connectivity index (χ1) is 30.4. The lowest BCUT2D eigenvalue weighted by molar-refractivity contribution is -0.186. The van der Waals surface area contributed by atoms with Crippen molar-refractivity contribution in [1.29, 1.82) is 0 Å². The van der Waals surface area contributed by atoms with Crippen molar-refractivity contribution in [2.45, 2.75) is 71.7 Å². The van der Waals surface area contributed by atoms with E-state index in [1.807, 2.05) is 72.8 Å². The van der Waals surface area contributed by atoms with Crippen molar-refractivity contribution in [3.63, 3.8) is 0 Å². The molecule has 0 amide bonds. The summed E-state index contributed by atoms with van der Waals surface area (Å²) in [5.41, 5.74) is 2.16. The van der Waals surface area contributed by atoms with Crippen molar-refractivity contribution in [3.05, 3.63) is 144 Å². The molecule has 0 aliphatic carbocycles. The van der Waals surface area contributed by atoms with Gasteiger partial charge in [-0.2, -0.15) is 0 Å². The van der Waals surface area contributed by atoms with E-state index in [1.54, 1.807) is 47.0 Å². The van der Waals surface area contributed by atoms with Gasteiger partial charge >= 0.3 is 11.9 Å². The molecule has 2 heterocycles. The monoisotopic (exact) mass is 922 g/mol. The Balaban J connectivity index is 0.00000748. The first-order valence-electron chi connectivity index (χ1n) is 21.8. The SMILES string of the molecule is CN(CC#CCCC(OC(=O)C(=O)OC(CCC#CCN(C)CCc1ccccc1)(c1ccccc1)C1SCCCS1)(c1ccccc1)C1SCCCS1)CCc1ccccc1.O. The van der Waals surface area contributed by atoms with Gasteiger partial charge < -0.3 is 14.9 Å². The van der Waals surface area contributed by atoms with Crippen molar-refractivity contribution in [2.75, 3.05) is 63.3 Å². The molecule has 4 aromatic carbocycles. The van der Waals surface area contributed by atoms with E-state index >= 15 is 0 Å². The van der Waals surface area contributed by atoms with Gasteiger partial charge in [0.1, 0.15) is 0 Å². The molecular weight excluding hydrogens is 861 g/mol. The van der Waals surface area contributed by atoms with E-state index in [0.717, 1.165) is 72.9 Å². The average molecular weight is 923 g/mol. The summed E-state index contributed by atoms with van der Waals surface area (Å²) in [4.78, 5) is 33.5. The molecular formula is C52H62N2O5S4. The number of benzene rings is 4. The zero-order valence-electron chi connectivity index (χ0n) is 36.7. The molecule has 4 aromatic rings. The number of esters is 2. The minimum Gasteiger partial charge on any atom is -0.444 e. The Hall–Kier alpha value is -3.78. The third-order valence-electron chi connectivity index (χ3n) is 11.1. The van der Waals surface area contributed by atoms with Crippen LogP contribution in [-0.2, 0) is 43.1 Å². The van der Waals surface area contributed by atoms with Crippen LogP contribution in [0.4, 0.5) is 0 Å². The highest BCUT2D eigenvalue weighted by molar-refractivity contribution is 8.18. The van der Waals surface area contributed by atoms with Crippen LogP contribution in [0.25, 0.3) is 0 Å². The third kappa shape index (κ3) is 15.1. The number of nitrogens with zero attached hydrogens (tertiary/aromatic N) is 2. The van der Waals surface area contributed by atoms with Gasteiger partial charge in [0, 0.05) is 38.8 Å². The van der Waals surface area contributed by atoms with Gasteiger partial charge in [0.05, 0.1) is 22.3 Å². The molecule has 6 rings (SSSR count). The lowest BCUT2D eigenvalue weighted by atomic mass is 9.89. The van der Waals surface area contributed by atoms with Gasteiger partial charge in [-0.05, 0) is 85.0 Å². The highest BCUT2D eigenvalue weighted by atomic mass is 32.2. The summed E-state index contributed by atoms with van der Waals surface area (Å²) in [6, 6.07) is 40.9. The second-order valence-corrected chi connectivity index (χ2v) is 21.2. The Morgan fingerprint density at radius 1 is 0.540 bits per heavy atom. The molecule has 11 heteroatoms. The fourth-order valence-electron chi connectivity index (χ4n) is 7.62. The molecule has 334 valence electrons.